The van der Waals surface area contributed by atoms with Crippen molar-refractivity contribution in [2.24, 2.45) is 5.11 Å². The highest BCUT2D eigenvalue weighted by atomic mass is 16.6. The number of ether oxygens (including phenoxy) is 1. The highest BCUT2D eigenvalue weighted by Gasteiger charge is 2.38. The summed E-state index contributed by atoms with van der Waals surface area (Å²) in [7, 11) is 0. The molecule has 0 bridgehead atoms. The minimum Gasteiger partial charge on any atom is -0.455 e. The summed E-state index contributed by atoms with van der Waals surface area (Å²) in [5, 5.41) is 3.79. The molecule has 0 fully saturated rings. The molecule has 0 heterocycles. The summed E-state index contributed by atoms with van der Waals surface area (Å²) in [5.74, 6) is -0.175. The van der Waals surface area contributed by atoms with Gasteiger partial charge in [-0.3, -0.25) is 14.4 Å². The molecule has 0 aromatic heterocycles. The number of hydrogen-bond donors (Lipinski definition) is 1. The van der Waals surface area contributed by atoms with Crippen LogP contribution in [0.5, 0.6) is 0 Å². The predicted molar refractivity (Wildman–Crippen MR) is 176 cm³/mol. The van der Waals surface area contributed by atoms with Gasteiger partial charge in [0.1, 0.15) is 5.60 Å². The van der Waals surface area contributed by atoms with Crippen molar-refractivity contribution in [1.82, 2.24) is 0 Å². The van der Waals surface area contributed by atoms with Gasteiger partial charge in [-0.1, -0.05) is 0 Å². The van der Waals surface area contributed by atoms with Gasteiger partial charge in [-0.15, -0.1) is 0 Å². The Hall–Kier alpha value is -3.67. The standard InChI is InChI=1S/C38H48N2O4/c1-18-20(3)35-30(16-32(42)24(7)34(35)26(9)40-39)22(5)28(18)14-13-15-29-19(2)21(4)36-31(23(29)6)17-33(43)25(8)37(36)38(11,12)44-27(10)41/h26,39H,13-17H2,1-12H3. The van der Waals surface area contributed by atoms with Crippen molar-refractivity contribution in [2.45, 2.75) is 127 Å². The Morgan fingerprint density at radius 2 is 1.23 bits per heavy atom. The zero-order chi connectivity index (χ0) is 33.0. The summed E-state index contributed by atoms with van der Waals surface area (Å²) in [6, 6.07) is -0.356. The van der Waals surface area contributed by atoms with Crippen LogP contribution in [0.4, 0.5) is 0 Å². The lowest BCUT2D eigenvalue weighted by molar-refractivity contribution is -0.149. The van der Waals surface area contributed by atoms with Crippen LogP contribution < -0.4 is 0 Å². The van der Waals surface area contributed by atoms with E-state index in [1.807, 2.05) is 34.6 Å². The van der Waals surface area contributed by atoms with Gasteiger partial charge >= 0.3 is 5.97 Å². The van der Waals surface area contributed by atoms with Crippen molar-refractivity contribution in [1.29, 1.82) is 5.53 Å². The highest BCUT2D eigenvalue weighted by molar-refractivity contribution is 6.09. The van der Waals surface area contributed by atoms with Crippen molar-refractivity contribution >= 4 is 28.7 Å². The number of allylic oxidation sites excluding steroid dienone is 2. The third kappa shape index (κ3) is 5.41. The molecule has 6 heteroatoms. The Balaban J connectivity index is 1.73. The van der Waals surface area contributed by atoms with E-state index in [4.69, 9.17) is 10.3 Å². The second-order valence-electron chi connectivity index (χ2n) is 13.4. The zero-order valence-electron chi connectivity index (χ0n) is 28.7. The Morgan fingerprint density at radius 1 is 0.773 bits per heavy atom. The average Bonchev–Trinajstić information content (AvgIpc) is 2.94. The maximum Gasteiger partial charge on any atom is 0.303 e. The molecule has 2 aliphatic rings. The molecule has 1 atom stereocenters. The largest absolute Gasteiger partial charge is 0.455 e. The third-order valence-corrected chi connectivity index (χ3v) is 10.5. The molecule has 44 heavy (non-hydrogen) atoms. The molecule has 234 valence electrons. The highest BCUT2D eigenvalue weighted by Crippen LogP contribution is 2.44. The van der Waals surface area contributed by atoms with Crippen molar-refractivity contribution in [3.63, 3.8) is 0 Å². The first-order valence-corrected chi connectivity index (χ1v) is 15.7. The van der Waals surface area contributed by atoms with Gasteiger partial charge in [0.2, 0.25) is 0 Å². The molecule has 4 rings (SSSR count). The zero-order valence-corrected chi connectivity index (χ0v) is 28.7. The first-order valence-electron chi connectivity index (χ1n) is 15.7. The van der Waals surface area contributed by atoms with Crippen LogP contribution in [0, 0.1) is 47.1 Å². The number of carbonyl (C=O) groups is 3. The number of ketones is 2. The number of nitrogens with zero attached hydrogens (tertiary/aromatic N) is 1. The minimum atomic E-state index is -0.924. The molecule has 0 radical (unpaired) electrons. The molecule has 0 saturated heterocycles. The molecule has 6 nitrogen and oxygen atoms in total. The van der Waals surface area contributed by atoms with E-state index in [9.17, 15) is 14.4 Å². The maximum absolute atomic E-state index is 13.3. The lowest BCUT2D eigenvalue weighted by Gasteiger charge is -2.36. The molecule has 0 amide bonds. The molecular weight excluding hydrogens is 548 g/mol. The number of fused-ring (bicyclic) bond motifs is 2. The molecule has 0 aliphatic heterocycles. The van der Waals surface area contributed by atoms with Crippen LogP contribution in [0.2, 0.25) is 0 Å². The fourth-order valence-corrected chi connectivity index (χ4v) is 7.92. The lowest BCUT2D eigenvalue weighted by Crippen LogP contribution is -2.34. The van der Waals surface area contributed by atoms with Gasteiger partial charge in [0, 0.05) is 30.9 Å². The first kappa shape index (κ1) is 33.2. The van der Waals surface area contributed by atoms with Crippen molar-refractivity contribution in [3.8, 4) is 0 Å². The van der Waals surface area contributed by atoms with Gasteiger partial charge in [-0.25, -0.2) is 5.53 Å². The second-order valence-corrected chi connectivity index (χ2v) is 13.4. The summed E-state index contributed by atoms with van der Waals surface area (Å²) >= 11 is 0. The average molecular weight is 597 g/mol. The van der Waals surface area contributed by atoms with Crippen molar-refractivity contribution in [2.75, 3.05) is 0 Å². The quantitative estimate of drug-likeness (QED) is 0.245. The van der Waals surface area contributed by atoms with E-state index in [0.717, 1.165) is 69.4 Å². The van der Waals surface area contributed by atoms with Gasteiger partial charge in [-0.05, 0) is 173 Å². The first-order chi connectivity index (χ1) is 20.5. The minimum absolute atomic E-state index is 0.0755. The predicted octanol–water partition coefficient (Wildman–Crippen LogP) is 8.27. The third-order valence-electron chi connectivity index (χ3n) is 10.5. The molecular formula is C38H48N2O4. The van der Waals surface area contributed by atoms with E-state index < -0.39 is 5.60 Å². The van der Waals surface area contributed by atoms with Crippen LogP contribution in [-0.2, 0) is 44.8 Å². The number of rotatable bonds is 8. The number of carbonyl (C=O) groups excluding carboxylic acids is 3. The normalized spacial score (nSPS) is 15.8. The van der Waals surface area contributed by atoms with Crippen molar-refractivity contribution < 1.29 is 19.1 Å². The number of hydrogen-bond acceptors (Lipinski definition) is 6. The summed E-state index contributed by atoms with van der Waals surface area (Å²) in [6.07, 6.45) is 3.44. The maximum atomic E-state index is 13.3. The van der Waals surface area contributed by atoms with Gasteiger partial charge in [0.05, 0.1) is 6.04 Å². The molecule has 0 saturated carbocycles. The van der Waals surface area contributed by atoms with E-state index in [0.29, 0.717) is 18.4 Å². The molecule has 2 aromatic carbocycles. The summed E-state index contributed by atoms with van der Waals surface area (Å²) in [5.41, 5.74) is 23.9. The molecule has 1 N–H and O–H groups in total. The fraction of sp³-hybridized carbons (Fsp3) is 0.500. The summed E-state index contributed by atoms with van der Waals surface area (Å²) in [6.45, 7) is 23.6. The van der Waals surface area contributed by atoms with E-state index in [1.165, 1.54) is 40.3 Å². The number of benzene rings is 2. The molecule has 0 spiro atoms. The lowest BCUT2D eigenvalue weighted by atomic mass is 9.72. The topological polar surface area (TPSA) is 96.7 Å². The Kier molecular flexibility index (Phi) is 9.08. The Bertz CT molecular complexity index is 1700. The van der Waals surface area contributed by atoms with Crippen molar-refractivity contribution in [3.05, 3.63) is 77.9 Å². The molecule has 1 unspecified atom stereocenters. The van der Waals surface area contributed by atoms with Crippen LogP contribution in [0.3, 0.4) is 0 Å². The Morgan fingerprint density at radius 3 is 1.70 bits per heavy atom. The molecule has 2 aliphatic carbocycles. The monoisotopic (exact) mass is 596 g/mol. The fourth-order valence-electron chi connectivity index (χ4n) is 7.92. The van der Waals surface area contributed by atoms with Gasteiger partial charge < -0.3 is 4.74 Å². The van der Waals surface area contributed by atoms with E-state index in [1.54, 1.807) is 0 Å². The SMILES string of the molecule is CC(=O)OC(C)(C)C1=C(C)C(=O)Cc2c(C)c(CCCc3c(C)c(C)c4c(c3C)CC(=O)C(C)=C4C(C)N=N)c(C)c(C)c21. The van der Waals surface area contributed by atoms with E-state index in [2.05, 4.69) is 46.7 Å². The number of nitrogens with one attached hydrogen (secondary N) is 1. The van der Waals surface area contributed by atoms with Gasteiger partial charge in [0.15, 0.2) is 11.6 Å². The van der Waals surface area contributed by atoms with Gasteiger partial charge in [0.25, 0.3) is 0 Å². The van der Waals surface area contributed by atoms with Crippen LogP contribution in [0.25, 0.3) is 11.1 Å². The van der Waals surface area contributed by atoms with Crippen LogP contribution in [0.1, 0.15) is 115 Å². The summed E-state index contributed by atoms with van der Waals surface area (Å²) < 4.78 is 5.75. The van der Waals surface area contributed by atoms with E-state index in [-0.39, 0.29) is 23.6 Å². The van der Waals surface area contributed by atoms with Gasteiger partial charge in [-0.2, -0.15) is 5.11 Å². The number of esters is 1. The summed E-state index contributed by atoms with van der Waals surface area (Å²) in [4.78, 5) is 38.3. The van der Waals surface area contributed by atoms with Crippen LogP contribution in [-0.4, -0.2) is 29.2 Å². The van der Waals surface area contributed by atoms with Crippen LogP contribution in [0.15, 0.2) is 16.3 Å². The smallest absolute Gasteiger partial charge is 0.303 e. The second kappa shape index (κ2) is 12.0. The molecule has 2 aromatic rings. The Labute approximate surface area is 262 Å². The van der Waals surface area contributed by atoms with E-state index >= 15 is 0 Å². The van der Waals surface area contributed by atoms with Crippen LogP contribution >= 0.6 is 0 Å². The number of Topliss-reactive ketones (excluding diaryl/α,β-unsaturated/α-hetero) is 2.